The predicted molar refractivity (Wildman–Crippen MR) is 108 cm³/mol. The van der Waals surface area contributed by atoms with Gasteiger partial charge in [-0.15, -0.1) is 0 Å². The van der Waals surface area contributed by atoms with Gasteiger partial charge < -0.3 is 14.7 Å². The van der Waals surface area contributed by atoms with Crippen LogP contribution in [0.1, 0.15) is 33.2 Å². The molecule has 3 atom stereocenters. The molecule has 1 amide bonds. The monoisotopic (exact) mass is 413 g/mol. The first-order valence-corrected chi connectivity index (χ1v) is 10.6. The Balaban J connectivity index is 1.20. The Labute approximate surface area is 173 Å². The molecular weight excluding hydrogens is 390 g/mol. The maximum Gasteiger partial charge on any atom is 0.338 e. The highest BCUT2D eigenvalue weighted by Gasteiger charge is 2.60. The minimum Gasteiger partial charge on any atom is -0.457 e. The minimum atomic E-state index is -0.623. The lowest BCUT2D eigenvalue weighted by molar-refractivity contribution is -0.120. The third-order valence-electron chi connectivity index (χ3n) is 6.64. The zero-order valence-corrected chi connectivity index (χ0v) is 17.2. The van der Waals surface area contributed by atoms with Crippen molar-refractivity contribution in [3.05, 3.63) is 46.6 Å². The van der Waals surface area contributed by atoms with Gasteiger partial charge in [0.1, 0.15) is 11.6 Å². The van der Waals surface area contributed by atoms with E-state index in [2.05, 4.69) is 9.27 Å². The van der Waals surface area contributed by atoms with Crippen LogP contribution in [0.3, 0.4) is 0 Å². The van der Waals surface area contributed by atoms with E-state index in [-0.39, 0.29) is 24.4 Å². The van der Waals surface area contributed by atoms with Crippen LogP contribution in [0.15, 0.2) is 24.4 Å². The Hall–Kier alpha value is -2.29. The molecule has 1 aliphatic carbocycles. The van der Waals surface area contributed by atoms with Crippen molar-refractivity contribution in [3.8, 4) is 0 Å². The van der Waals surface area contributed by atoms with Crippen LogP contribution in [0.2, 0.25) is 0 Å². The van der Waals surface area contributed by atoms with Crippen LogP contribution in [-0.2, 0) is 16.1 Å². The molecule has 2 aliphatic heterocycles. The number of nitrogens with zero attached hydrogens (tertiary/aromatic N) is 3. The number of likely N-dealkylation sites (tertiary alicyclic amines) is 1. The summed E-state index contributed by atoms with van der Waals surface area (Å²) in [6.07, 6.45) is 1.09. The lowest BCUT2D eigenvalue weighted by atomic mass is 9.95. The van der Waals surface area contributed by atoms with Crippen molar-refractivity contribution in [3.63, 3.8) is 0 Å². The van der Waals surface area contributed by atoms with Crippen LogP contribution in [0.25, 0.3) is 0 Å². The molecule has 1 N–H and O–H groups in total. The molecule has 29 heavy (non-hydrogen) atoms. The standard InChI is InChI=1S/C21H23N3O4S/c1-11-12(3-4-13-16(11)10-28-21(13)27)17(25)9-24-7-14-15(8-24)19(14)20(26)23(2)18-5-6-22-29-18/h3-6,14-15,17,19,25H,7-10H2,1-2H3. The number of aliphatic hydroxyl groups excluding tert-OH is 1. The summed E-state index contributed by atoms with van der Waals surface area (Å²) in [7, 11) is 1.82. The van der Waals surface area contributed by atoms with Gasteiger partial charge in [0.2, 0.25) is 5.91 Å². The zero-order chi connectivity index (χ0) is 20.3. The summed E-state index contributed by atoms with van der Waals surface area (Å²) in [5, 5.41) is 11.7. The minimum absolute atomic E-state index is 0.0837. The molecule has 3 aliphatic rings. The Morgan fingerprint density at radius 1 is 1.38 bits per heavy atom. The molecule has 3 unspecified atom stereocenters. The van der Waals surface area contributed by atoms with Crippen LogP contribution < -0.4 is 4.90 Å². The number of hydrogen-bond acceptors (Lipinski definition) is 7. The van der Waals surface area contributed by atoms with Gasteiger partial charge in [0, 0.05) is 44.4 Å². The summed E-state index contributed by atoms with van der Waals surface area (Å²) in [5.74, 6) is 0.709. The number of amides is 1. The first-order chi connectivity index (χ1) is 14.0. The van der Waals surface area contributed by atoms with Crippen molar-refractivity contribution < 1.29 is 19.4 Å². The van der Waals surface area contributed by atoms with Crippen molar-refractivity contribution >= 4 is 28.4 Å². The number of hydrogen-bond donors (Lipinski definition) is 1. The van der Waals surface area contributed by atoms with E-state index in [0.717, 1.165) is 34.8 Å². The number of cyclic esters (lactones) is 1. The number of carbonyl (C=O) groups is 2. The van der Waals surface area contributed by atoms with Crippen molar-refractivity contribution in [1.29, 1.82) is 0 Å². The molecule has 2 fully saturated rings. The van der Waals surface area contributed by atoms with Gasteiger partial charge in [-0.05, 0) is 53.6 Å². The largest absolute Gasteiger partial charge is 0.457 e. The fraction of sp³-hybridized carbons (Fsp3) is 0.476. The molecule has 1 saturated heterocycles. The summed E-state index contributed by atoms with van der Waals surface area (Å²) in [6.45, 7) is 4.42. The number of anilines is 1. The second-order valence-corrected chi connectivity index (χ2v) is 9.03. The van der Waals surface area contributed by atoms with Gasteiger partial charge in [0.15, 0.2) is 0 Å². The van der Waals surface area contributed by atoms with Gasteiger partial charge >= 0.3 is 5.97 Å². The van der Waals surface area contributed by atoms with E-state index in [4.69, 9.17) is 4.74 Å². The highest BCUT2D eigenvalue weighted by molar-refractivity contribution is 7.10. The van der Waals surface area contributed by atoms with Crippen molar-refractivity contribution in [2.24, 2.45) is 17.8 Å². The first-order valence-electron chi connectivity index (χ1n) is 9.84. The number of benzene rings is 1. The molecule has 8 heteroatoms. The third kappa shape index (κ3) is 3.06. The molecule has 1 saturated carbocycles. The van der Waals surface area contributed by atoms with Crippen molar-refractivity contribution in [1.82, 2.24) is 9.27 Å². The maximum atomic E-state index is 12.7. The van der Waals surface area contributed by atoms with E-state index in [0.29, 0.717) is 23.9 Å². The Morgan fingerprint density at radius 2 is 2.14 bits per heavy atom. The number of β-amino-alcohol motifs (C(OH)–C–C–N with tert-alkyl or cyclic N) is 1. The average molecular weight is 413 g/mol. The lowest BCUT2D eigenvalue weighted by Crippen LogP contribution is -2.34. The molecule has 2 aromatic rings. The summed E-state index contributed by atoms with van der Waals surface area (Å²) in [5.41, 5.74) is 3.27. The molecule has 0 radical (unpaired) electrons. The Kier molecular flexibility index (Phi) is 4.45. The van der Waals surface area contributed by atoms with Crippen LogP contribution in [0, 0.1) is 24.7 Å². The van der Waals surface area contributed by atoms with Crippen LogP contribution in [0.4, 0.5) is 5.00 Å². The van der Waals surface area contributed by atoms with E-state index < -0.39 is 6.10 Å². The fourth-order valence-electron chi connectivity index (χ4n) is 4.91. The van der Waals surface area contributed by atoms with Gasteiger partial charge in [-0.2, -0.15) is 4.37 Å². The van der Waals surface area contributed by atoms with Gasteiger partial charge in [-0.3, -0.25) is 9.69 Å². The van der Waals surface area contributed by atoms with Gasteiger partial charge in [0.05, 0.1) is 11.7 Å². The number of aliphatic hydroxyl groups is 1. The fourth-order valence-corrected chi connectivity index (χ4v) is 5.48. The van der Waals surface area contributed by atoms with E-state index in [1.807, 2.05) is 26.1 Å². The van der Waals surface area contributed by atoms with E-state index in [1.54, 1.807) is 17.2 Å². The third-order valence-corrected chi connectivity index (χ3v) is 7.46. The Morgan fingerprint density at radius 3 is 2.83 bits per heavy atom. The van der Waals surface area contributed by atoms with E-state index >= 15 is 0 Å². The zero-order valence-electron chi connectivity index (χ0n) is 16.4. The van der Waals surface area contributed by atoms with Crippen LogP contribution in [0.5, 0.6) is 0 Å². The first kappa shape index (κ1) is 18.7. The molecule has 152 valence electrons. The lowest BCUT2D eigenvalue weighted by Gasteiger charge is -2.25. The SMILES string of the molecule is Cc1c(C(O)CN2CC3C(C2)C3C(=O)N(C)c2ccns2)ccc2c1COC2=O. The van der Waals surface area contributed by atoms with Gasteiger partial charge in [0.25, 0.3) is 0 Å². The molecule has 1 aromatic carbocycles. The molecule has 5 rings (SSSR count). The quantitative estimate of drug-likeness (QED) is 0.755. The Bertz CT molecular complexity index is 965. The highest BCUT2D eigenvalue weighted by Crippen LogP contribution is 2.53. The highest BCUT2D eigenvalue weighted by atomic mass is 32.1. The van der Waals surface area contributed by atoms with Crippen LogP contribution >= 0.6 is 11.5 Å². The number of rotatable bonds is 5. The topological polar surface area (TPSA) is 83.0 Å². The number of carbonyl (C=O) groups excluding carboxylic acids is 2. The summed E-state index contributed by atoms with van der Waals surface area (Å²) < 4.78 is 9.17. The van der Waals surface area contributed by atoms with E-state index in [9.17, 15) is 14.7 Å². The van der Waals surface area contributed by atoms with Crippen molar-refractivity contribution in [2.45, 2.75) is 19.6 Å². The van der Waals surface area contributed by atoms with Gasteiger partial charge in [-0.25, -0.2) is 4.79 Å². The molecule has 0 bridgehead atoms. The van der Waals surface area contributed by atoms with E-state index in [1.165, 1.54) is 11.5 Å². The number of aromatic nitrogens is 1. The summed E-state index contributed by atoms with van der Waals surface area (Å²) in [4.78, 5) is 28.4. The summed E-state index contributed by atoms with van der Waals surface area (Å²) in [6, 6.07) is 5.45. The second-order valence-electron chi connectivity index (χ2n) is 8.22. The number of esters is 1. The number of fused-ring (bicyclic) bond motifs is 2. The van der Waals surface area contributed by atoms with Crippen molar-refractivity contribution in [2.75, 3.05) is 31.6 Å². The predicted octanol–water partition coefficient (Wildman–Crippen LogP) is 2.00. The smallest absolute Gasteiger partial charge is 0.338 e. The maximum absolute atomic E-state index is 12.7. The molecule has 7 nitrogen and oxygen atoms in total. The number of piperidine rings is 1. The molecule has 3 heterocycles. The molecule has 1 aromatic heterocycles. The van der Waals surface area contributed by atoms with Crippen LogP contribution in [-0.4, -0.2) is 52.9 Å². The molecule has 0 spiro atoms. The normalized spacial score (nSPS) is 26.0. The summed E-state index contributed by atoms with van der Waals surface area (Å²) >= 11 is 1.33. The average Bonchev–Trinajstić information content (AvgIpc) is 3.18. The second kappa shape index (κ2) is 6.90. The van der Waals surface area contributed by atoms with Gasteiger partial charge in [-0.1, -0.05) is 6.07 Å². The molecular formula is C21H23N3O4S. The number of ether oxygens (including phenoxy) is 1.